The normalized spacial score (nSPS) is 18.3. The fourth-order valence-corrected chi connectivity index (χ4v) is 9.05. The standard InChI is InChI=1S/C45H35N3/c1-5-6-21-37-27(2)47-39-24-23-29(26-34(39)30-15-7-8-16-31(30)44(47)46-37)48-38-22-12-10-18-33(38)42-40(48)25-28-14-13-20-36-41(28)43(42)32-17-9-11-19-35(32)45(36,3)4/h5-26,30-31H,1H2,2-4H3/b21-6-. The zero-order valence-corrected chi connectivity index (χ0v) is 27.4. The van der Waals surface area contributed by atoms with Crippen molar-refractivity contribution in [2.45, 2.75) is 38.0 Å². The maximum Gasteiger partial charge on any atom is 0.122 e. The highest BCUT2D eigenvalue weighted by molar-refractivity contribution is 6.24. The first-order valence-corrected chi connectivity index (χ1v) is 16.9. The second kappa shape index (κ2) is 9.68. The first-order valence-electron chi connectivity index (χ1n) is 16.9. The molecule has 10 rings (SSSR count). The van der Waals surface area contributed by atoms with Gasteiger partial charge in [-0.3, -0.25) is 4.57 Å². The summed E-state index contributed by atoms with van der Waals surface area (Å²) >= 11 is 0. The van der Waals surface area contributed by atoms with Gasteiger partial charge in [0.25, 0.3) is 0 Å². The first kappa shape index (κ1) is 27.4. The van der Waals surface area contributed by atoms with Crippen molar-refractivity contribution in [1.82, 2.24) is 14.1 Å². The molecular formula is C45H35N3. The third kappa shape index (κ3) is 3.46. The summed E-state index contributed by atoms with van der Waals surface area (Å²) in [5, 5.41) is 5.29. The second-order valence-electron chi connectivity index (χ2n) is 14.0. The van der Waals surface area contributed by atoms with E-state index in [2.05, 4.69) is 158 Å². The van der Waals surface area contributed by atoms with Crippen LogP contribution in [-0.4, -0.2) is 14.1 Å². The summed E-state index contributed by atoms with van der Waals surface area (Å²) in [6.45, 7) is 10.8. The summed E-state index contributed by atoms with van der Waals surface area (Å²) in [7, 11) is 0. The minimum atomic E-state index is -0.0855. The van der Waals surface area contributed by atoms with E-state index < -0.39 is 0 Å². The van der Waals surface area contributed by atoms with E-state index in [1.54, 1.807) is 0 Å². The van der Waals surface area contributed by atoms with Crippen LogP contribution in [-0.2, 0) is 5.41 Å². The van der Waals surface area contributed by atoms with Crippen molar-refractivity contribution in [3.63, 3.8) is 0 Å². The van der Waals surface area contributed by atoms with Gasteiger partial charge in [-0.1, -0.05) is 118 Å². The van der Waals surface area contributed by atoms with Crippen molar-refractivity contribution >= 4 is 38.7 Å². The van der Waals surface area contributed by atoms with Crippen molar-refractivity contribution in [3.8, 4) is 22.5 Å². The van der Waals surface area contributed by atoms with E-state index in [1.807, 2.05) is 12.2 Å². The second-order valence-corrected chi connectivity index (χ2v) is 14.0. The van der Waals surface area contributed by atoms with Crippen molar-refractivity contribution in [3.05, 3.63) is 168 Å². The highest BCUT2D eigenvalue weighted by Crippen LogP contribution is 2.53. The van der Waals surface area contributed by atoms with E-state index in [0.717, 1.165) is 17.2 Å². The number of aromatic nitrogens is 3. The number of hydrogen-bond donors (Lipinski definition) is 0. The van der Waals surface area contributed by atoms with Crippen LogP contribution in [0.1, 0.15) is 59.6 Å². The van der Waals surface area contributed by atoms with E-state index in [-0.39, 0.29) is 17.3 Å². The lowest BCUT2D eigenvalue weighted by atomic mass is 9.68. The summed E-state index contributed by atoms with van der Waals surface area (Å²) in [5.41, 5.74) is 13.7. The number of nitrogens with zero attached hydrogens (tertiary/aromatic N) is 3. The van der Waals surface area contributed by atoms with Gasteiger partial charge in [0.15, 0.2) is 0 Å². The molecule has 0 N–H and O–H groups in total. The van der Waals surface area contributed by atoms with Crippen LogP contribution in [0.25, 0.3) is 61.2 Å². The third-order valence-electron chi connectivity index (χ3n) is 11.2. The molecule has 5 aromatic carbocycles. The van der Waals surface area contributed by atoms with Crippen molar-refractivity contribution in [1.29, 1.82) is 0 Å². The van der Waals surface area contributed by atoms with E-state index in [9.17, 15) is 0 Å². The van der Waals surface area contributed by atoms with Gasteiger partial charge < -0.3 is 4.57 Å². The molecule has 3 heterocycles. The molecule has 0 amide bonds. The maximum atomic E-state index is 5.15. The minimum Gasteiger partial charge on any atom is -0.309 e. The number of hydrogen-bond acceptors (Lipinski definition) is 1. The molecule has 3 aliphatic rings. The van der Waals surface area contributed by atoms with Gasteiger partial charge in [-0.05, 0) is 76.4 Å². The molecule has 0 fully saturated rings. The van der Waals surface area contributed by atoms with E-state index in [4.69, 9.17) is 4.98 Å². The molecule has 2 aromatic heterocycles. The molecular weight excluding hydrogens is 583 g/mol. The summed E-state index contributed by atoms with van der Waals surface area (Å²) in [4.78, 5) is 5.15. The average Bonchev–Trinajstić information content (AvgIpc) is 3.63. The Morgan fingerprint density at radius 3 is 2.44 bits per heavy atom. The first-order chi connectivity index (χ1) is 23.5. The van der Waals surface area contributed by atoms with Crippen LogP contribution >= 0.6 is 0 Å². The molecule has 0 saturated carbocycles. The Morgan fingerprint density at radius 1 is 0.771 bits per heavy atom. The fraction of sp³-hybridized carbons (Fsp3) is 0.133. The molecule has 0 bridgehead atoms. The Balaban J connectivity index is 1.29. The Labute approximate surface area is 280 Å². The Kier molecular flexibility index (Phi) is 5.53. The van der Waals surface area contributed by atoms with E-state index >= 15 is 0 Å². The van der Waals surface area contributed by atoms with Gasteiger partial charge >= 0.3 is 0 Å². The van der Waals surface area contributed by atoms with Gasteiger partial charge in [-0.25, -0.2) is 4.98 Å². The minimum absolute atomic E-state index is 0.0855. The van der Waals surface area contributed by atoms with E-state index in [0.29, 0.717) is 0 Å². The molecule has 230 valence electrons. The molecule has 48 heavy (non-hydrogen) atoms. The van der Waals surface area contributed by atoms with Crippen LogP contribution in [0.4, 0.5) is 0 Å². The maximum absolute atomic E-state index is 5.15. The van der Waals surface area contributed by atoms with Gasteiger partial charge in [0, 0.05) is 45.0 Å². The van der Waals surface area contributed by atoms with Crippen LogP contribution in [0.5, 0.6) is 0 Å². The number of imidazole rings is 1. The Morgan fingerprint density at radius 2 is 1.56 bits per heavy atom. The topological polar surface area (TPSA) is 22.8 Å². The summed E-state index contributed by atoms with van der Waals surface area (Å²) in [6.07, 6.45) is 14.9. The van der Waals surface area contributed by atoms with Gasteiger partial charge in [0.1, 0.15) is 5.82 Å². The summed E-state index contributed by atoms with van der Waals surface area (Å²) in [5.74, 6) is 1.48. The predicted octanol–water partition coefficient (Wildman–Crippen LogP) is 11.2. The molecule has 1 aliphatic heterocycles. The molecule has 2 aliphatic carbocycles. The lowest BCUT2D eigenvalue weighted by Crippen LogP contribution is -2.23. The fourth-order valence-electron chi connectivity index (χ4n) is 9.05. The quantitative estimate of drug-likeness (QED) is 0.181. The Bertz CT molecular complexity index is 2630. The predicted molar refractivity (Wildman–Crippen MR) is 201 cm³/mol. The molecule has 3 nitrogen and oxygen atoms in total. The Hall–Kier alpha value is -5.67. The summed E-state index contributed by atoms with van der Waals surface area (Å²) in [6, 6.07) is 34.4. The van der Waals surface area contributed by atoms with Gasteiger partial charge in [-0.2, -0.15) is 0 Å². The molecule has 0 saturated heterocycles. The van der Waals surface area contributed by atoms with Crippen LogP contribution in [0, 0.1) is 6.92 Å². The molecule has 2 unspecified atom stereocenters. The van der Waals surface area contributed by atoms with Crippen LogP contribution < -0.4 is 0 Å². The largest absolute Gasteiger partial charge is 0.309 e. The molecule has 7 aromatic rings. The van der Waals surface area contributed by atoms with Gasteiger partial charge in [0.2, 0.25) is 0 Å². The zero-order chi connectivity index (χ0) is 32.3. The zero-order valence-electron chi connectivity index (χ0n) is 27.4. The van der Waals surface area contributed by atoms with E-state index in [1.165, 1.54) is 71.8 Å². The monoisotopic (exact) mass is 617 g/mol. The average molecular weight is 618 g/mol. The molecule has 0 radical (unpaired) electrons. The number of rotatable bonds is 3. The van der Waals surface area contributed by atoms with Crippen molar-refractivity contribution in [2.24, 2.45) is 0 Å². The highest BCUT2D eigenvalue weighted by Gasteiger charge is 2.37. The number of benzene rings is 5. The highest BCUT2D eigenvalue weighted by atomic mass is 15.1. The molecule has 2 atom stereocenters. The lowest BCUT2D eigenvalue weighted by Gasteiger charge is -2.35. The van der Waals surface area contributed by atoms with Crippen molar-refractivity contribution in [2.75, 3.05) is 0 Å². The van der Waals surface area contributed by atoms with Crippen molar-refractivity contribution < 1.29 is 0 Å². The molecule has 3 heteroatoms. The van der Waals surface area contributed by atoms with Crippen LogP contribution in [0.3, 0.4) is 0 Å². The number of fused-ring (bicyclic) bond motifs is 12. The third-order valence-corrected chi connectivity index (χ3v) is 11.2. The van der Waals surface area contributed by atoms with Gasteiger partial charge in [0.05, 0.1) is 22.4 Å². The number of para-hydroxylation sites is 1. The SMILES string of the molecule is C=C/C=C\c1nc2n(c1C)-c1ccc(-n3c4ccccc4c4c5c6c(cccc6cc43)C(C)(C)c3ccccc3-5)cc1C1C=CC=CC21. The van der Waals surface area contributed by atoms with Gasteiger partial charge in [-0.15, -0.1) is 0 Å². The molecule has 0 spiro atoms. The summed E-state index contributed by atoms with van der Waals surface area (Å²) < 4.78 is 4.87. The number of allylic oxidation sites excluding steroid dienone is 6. The van der Waals surface area contributed by atoms with Crippen LogP contribution in [0.2, 0.25) is 0 Å². The lowest BCUT2D eigenvalue weighted by molar-refractivity contribution is 0.630. The van der Waals surface area contributed by atoms with Crippen LogP contribution in [0.15, 0.2) is 134 Å². The smallest absolute Gasteiger partial charge is 0.122 e.